The van der Waals surface area contributed by atoms with E-state index in [9.17, 15) is 9.59 Å². The van der Waals surface area contributed by atoms with E-state index in [-0.39, 0.29) is 11.8 Å². The first-order valence-electron chi connectivity index (χ1n) is 10.3. The SMILES string of the molecule is O=C1CCN(C(=O)C2=CCCC2)CCN(c2nc(-c3cc(Cl)cc(Cl)c3)no2)CCN1. The summed E-state index contributed by atoms with van der Waals surface area (Å²) in [6, 6.07) is 5.36. The molecule has 1 aliphatic heterocycles. The fourth-order valence-corrected chi connectivity index (χ4v) is 4.25. The molecule has 1 aromatic carbocycles. The molecule has 164 valence electrons. The van der Waals surface area contributed by atoms with Gasteiger partial charge in [0.15, 0.2) is 0 Å². The topological polar surface area (TPSA) is 91.6 Å². The van der Waals surface area contributed by atoms with Crippen LogP contribution in [-0.2, 0) is 9.59 Å². The van der Waals surface area contributed by atoms with Gasteiger partial charge in [-0.3, -0.25) is 9.59 Å². The predicted octanol–water partition coefficient (Wildman–Crippen LogP) is 3.31. The van der Waals surface area contributed by atoms with E-state index in [1.165, 1.54) is 0 Å². The quantitative estimate of drug-likeness (QED) is 0.750. The van der Waals surface area contributed by atoms with Crippen LogP contribution in [0.4, 0.5) is 6.01 Å². The van der Waals surface area contributed by atoms with Crippen LogP contribution >= 0.6 is 23.2 Å². The van der Waals surface area contributed by atoms with E-state index in [0.29, 0.717) is 66.6 Å². The summed E-state index contributed by atoms with van der Waals surface area (Å²) in [6.07, 6.45) is 5.01. The van der Waals surface area contributed by atoms with Gasteiger partial charge in [-0.25, -0.2) is 0 Å². The van der Waals surface area contributed by atoms with Crippen molar-refractivity contribution in [3.05, 3.63) is 39.9 Å². The lowest BCUT2D eigenvalue weighted by Gasteiger charge is -2.28. The summed E-state index contributed by atoms with van der Waals surface area (Å²) in [6.45, 7) is 2.27. The van der Waals surface area contributed by atoms with Gasteiger partial charge in [0.1, 0.15) is 0 Å². The number of anilines is 1. The van der Waals surface area contributed by atoms with Gasteiger partial charge in [-0.1, -0.05) is 34.4 Å². The number of allylic oxidation sites excluding steroid dienone is 1. The number of carbonyl (C=O) groups is 2. The van der Waals surface area contributed by atoms with Crippen molar-refractivity contribution in [1.29, 1.82) is 0 Å². The number of nitrogens with zero attached hydrogens (tertiary/aromatic N) is 4. The van der Waals surface area contributed by atoms with Gasteiger partial charge in [-0.2, -0.15) is 4.98 Å². The van der Waals surface area contributed by atoms with Gasteiger partial charge in [0.2, 0.25) is 17.6 Å². The number of rotatable bonds is 3. The van der Waals surface area contributed by atoms with Crippen LogP contribution < -0.4 is 10.2 Å². The summed E-state index contributed by atoms with van der Waals surface area (Å²) in [5.74, 6) is 0.287. The van der Waals surface area contributed by atoms with E-state index in [4.69, 9.17) is 27.7 Å². The number of benzene rings is 1. The molecule has 2 amide bonds. The zero-order valence-electron chi connectivity index (χ0n) is 16.9. The van der Waals surface area contributed by atoms with Crippen LogP contribution in [-0.4, -0.2) is 59.6 Å². The molecule has 0 radical (unpaired) electrons. The van der Waals surface area contributed by atoms with E-state index in [2.05, 4.69) is 15.5 Å². The van der Waals surface area contributed by atoms with Gasteiger partial charge in [0.05, 0.1) is 0 Å². The first kappa shape index (κ1) is 21.6. The van der Waals surface area contributed by atoms with Crippen LogP contribution in [0.15, 0.2) is 34.4 Å². The molecule has 2 aliphatic rings. The molecule has 1 saturated heterocycles. The molecule has 1 aromatic heterocycles. The molecule has 8 nitrogen and oxygen atoms in total. The number of nitrogens with one attached hydrogen (secondary N) is 1. The molecule has 2 aromatic rings. The highest BCUT2D eigenvalue weighted by atomic mass is 35.5. The lowest BCUT2D eigenvalue weighted by Crippen LogP contribution is -2.45. The Morgan fingerprint density at radius 2 is 1.87 bits per heavy atom. The average Bonchev–Trinajstić information content (AvgIpc) is 3.43. The molecule has 0 spiro atoms. The number of halogens is 2. The predicted molar refractivity (Wildman–Crippen MR) is 118 cm³/mol. The molecule has 31 heavy (non-hydrogen) atoms. The third-order valence-corrected chi connectivity index (χ3v) is 5.80. The third kappa shape index (κ3) is 5.37. The maximum Gasteiger partial charge on any atom is 0.324 e. The minimum atomic E-state index is -0.0835. The molecule has 0 atom stereocenters. The summed E-state index contributed by atoms with van der Waals surface area (Å²) >= 11 is 12.2. The molecular weight excluding hydrogens is 441 g/mol. The Balaban J connectivity index is 1.52. The van der Waals surface area contributed by atoms with Gasteiger partial charge >= 0.3 is 6.01 Å². The molecule has 0 unspecified atom stereocenters. The molecular formula is C21H23Cl2N5O3. The lowest BCUT2D eigenvalue weighted by molar-refractivity contribution is -0.128. The molecule has 10 heteroatoms. The van der Waals surface area contributed by atoms with Crippen molar-refractivity contribution in [2.24, 2.45) is 0 Å². The Kier molecular flexibility index (Phi) is 6.77. The van der Waals surface area contributed by atoms with Crippen LogP contribution in [0.5, 0.6) is 0 Å². The molecule has 1 fully saturated rings. The summed E-state index contributed by atoms with van der Waals surface area (Å²) in [5, 5.41) is 7.88. The second kappa shape index (κ2) is 9.70. The molecule has 4 rings (SSSR count). The summed E-state index contributed by atoms with van der Waals surface area (Å²) in [7, 11) is 0. The van der Waals surface area contributed by atoms with E-state index in [0.717, 1.165) is 24.8 Å². The van der Waals surface area contributed by atoms with Gasteiger partial charge in [0, 0.05) is 60.3 Å². The first-order valence-corrected chi connectivity index (χ1v) is 11.1. The number of carbonyl (C=O) groups excluding carboxylic acids is 2. The summed E-state index contributed by atoms with van der Waals surface area (Å²) in [4.78, 5) is 33.1. The van der Waals surface area contributed by atoms with Gasteiger partial charge < -0.3 is 19.6 Å². The number of amides is 2. The van der Waals surface area contributed by atoms with Crippen LogP contribution in [0.25, 0.3) is 11.4 Å². The Labute approximate surface area is 190 Å². The van der Waals surface area contributed by atoms with Crippen LogP contribution in [0.1, 0.15) is 25.7 Å². The highest BCUT2D eigenvalue weighted by molar-refractivity contribution is 6.35. The fourth-order valence-electron chi connectivity index (χ4n) is 3.73. The van der Waals surface area contributed by atoms with E-state index in [1.54, 1.807) is 23.1 Å². The minimum Gasteiger partial charge on any atom is -0.354 e. The van der Waals surface area contributed by atoms with E-state index >= 15 is 0 Å². The Hall–Kier alpha value is -2.58. The fraction of sp³-hybridized carbons (Fsp3) is 0.429. The average molecular weight is 464 g/mol. The standard InChI is InChI=1S/C21H23Cl2N5O3/c22-16-11-15(12-17(23)13-16)19-25-21(31-26-19)28-8-6-24-18(29)5-7-27(9-10-28)20(30)14-3-1-2-4-14/h3,11-13H,1-2,4-10H2,(H,24,29). The smallest absolute Gasteiger partial charge is 0.324 e. The first-order chi connectivity index (χ1) is 15.0. The largest absolute Gasteiger partial charge is 0.354 e. The zero-order valence-corrected chi connectivity index (χ0v) is 18.5. The molecule has 0 bridgehead atoms. The maximum atomic E-state index is 12.9. The summed E-state index contributed by atoms with van der Waals surface area (Å²) in [5.41, 5.74) is 1.48. The minimum absolute atomic E-state index is 0.00520. The molecule has 0 saturated carbocycles. The van der Waals surface area contributed by atoms with Crippen LogP contribution in [0, 0.1) is 0 Å². The summed E-state index contributed by atoms with van der Waals surface area (Å²) < 4.78 is 5.48. The number of aromatic nitrogens is 2. The number of hydrogen-bond acceptors (Lipinski definition) is 6. The lowest BCUT2D eigenvalue weighted by atomic mass is 10.2. The normalized spacial score (nSPS) is 18.0. The zero-order chi connectivity index (χ0) is 21.8. The van der Waals surface area contributed by atoms with E-state index < -0.39 is 0 Å². The van der Waals surface area contributed by atoms with Crippen molar-refractivity contribution < 1.29 is 14.1 Å². The maximum absolute atomic E-state index is 12.9. The van der Waals surface area contributed by atoms with Gasteiger partial charge in [0.25, 0.3) is 0 Å². The van der Waals surface area contributed by atoms with Gasteiger partial charge in [-0.05, 0) is 37.5 Å². The molecule has 1 N–H and O–H groups in total. The second-order valence-electron chi connectivity index (χ2n) is 7.56. The Bertz CT molecular complexity index is 986. The highest BCUT2D eigenvalue weighted by Crippen LogP contribution is 2.27. The van der Waals surface area contributed by atoms with Crippen molar-refractivity contribution >= 4 is 41.0 Å². The van der Waals surface area contributed by atoms with E-state index in [1.807, 2.05) is 11.0 Å². The van der Waals surface area contributed by atoms with Crippen LogP contribution in [0.3, 0.4) is 0 Å². The van der Waals surface area contributed by atoms with Crippen molar-refractivity contribution in [2.45, 2.75) is 25.7 Å². The van der Waals surface area contributed by atoms with Gasteiger partial charge in [-0.15, -0.1) is 0 Å². The van der Waals surface area contributed by atoms with Crippen molar-refractivity contribution in [3.8, 4) is 11.4 Å². The Morgan fingerprint density at radius 3 is 2.61 bits per heavy atom. The van der Waals surface area contributed by atoms with Crippen molar-refractivity contribution in [1.82, 2.24) is 20.4 Å². The number of hydrogen-bond donors (Lipinski definition) is 1. The monoisotopic (exact) mass is 463 g/mol. The second-order valence-corrected chi connectivity index (χ2v) is 8.43. The van der Waals surface area contributed by atoms with Crippen LogP contribution in [0.2, 0.25) is 10.0 Å². The molecule has 2 heterocycles. The third-order valence-electron chi connectivity index (χ3n) is 5.36. The Morgan fingerprint density at radius 1 is 1.06 bits per heavy atom. The highest BCUT2D eigenvalue weighted by Gasteiger charge is 2.24. The van der Waals surface area contributed by atoms with Crippen molar-refractivity contribution in [3.63, 3.8) is 0 Å². The molecule has 1 aliphatic carbocycles. The van der Waals surface area contributed by atoms with Crippen molar-refractivity contribution in [2.75, 3.05) is 37.6 Å².